The maximum atomic E-state index is 12.2. The fourth-order valence-electron chi connectivity index (χ4n) is 2.10. The summed E-state index contributed by atoms with van der Waals surface area (Å²) in [5.74, 6) is 0.127. The molecule has 0 spiro atoms. The number of anilines is 2. The molecule has 7 heteroatoms. The number of carbonyl (C=O) groups excluding carboxylic acids is 1. The quantitative estimate of drug-likeness (QED) is 0.792. The molecule has 2 aromatic heterocycles. The third-order valence-electron chi connectivity index (χ3n) is 3.42. The van der Waals surface area contributed by atoms with Crippen LogP contribution in [0.15, 0.2) is 12.4 Å². The normalized spacial score (nSPS) is 14.8. The summed E-state index contributed by atoms with van der Waals surface area (Å²) < 4.78 is 1.78. The summed E-state index contributed by atoms with van der Waals surface area (Å²) in [5.41, 5.74) is 8.21. The van der Waals surface area contributed by atoms with Gasteiger partial charge in [0.1, 0.15) is 0 Å². The van der Waals surface area contributed by atoms with Gasteiger partial charge in [-0.15, -0.1) is 0 Å². The number of carbonyl (C=O) groups is 1. The van der Waals surface area contributed by atoms with E-state index < -0.39 is 0 Å². The zero-order valence-electron chi connectivity index (χ0n) is 11.6. The number of hydrogen-bond acceptors (Lipinski definition) is 4. The van der Waals surface area contributed by atoms with Crippen LogP contribution < -0.4 is 11.1 Å². The highest BCUT2D eigenvalue weighted by Crippen LogP contribution is 2.42. The number of amides is 1. The Hall–Kier alpha value is -2.31. The number of nitrogen functional groups attached to an aromatic ring is 1. The minimum absolute atomic E-state index is 0.248. The van der Waals surface area contributed by atoms with Gasteiger partial charge in [-0.2, -0.15) is 10.2 Å². The van der Waals surface area contributed by atoms with Gasteiger partial charge in [-0.1, -0.05) is 0 Å². The molecule has 1 saturated carbocycles. The second-order valence-corrected chi connectivity index (χ2v) is 5.43. The Bertz CT molecular complexity index is 637. The predicted molar refractivity (Wildman–Crippen MR) is 75.5 cm³/mol. The number of aromatic nitrogens is 4. The van der Waals surface area contributed by atoms with E-state index in [9.17, 15) is 4.79 Å². The molecule has 0 radical (unpaired) electrons. The van der Waals surface area contributed by atoms with Gasteiger partial charge >= 0.3 is 0 Å². The molecule has 0 aromatic carbocycles. The Morgan fingerprint density at radius 3 is 2.90 bits per heavy atom. The lowest BCUT2D eigenvalue weighted by atomic mass is 10.2. The summed E-state index contributed by atoms with van der Waals surface area (Å²) >= 11 is 0. The highest BCUT2D eigenvalue weighted by atomic mass is 16.2. The number of H-pyrrole nitrogens is 1. The van der Waals surface area contributed by atoms with Crippen LogP contribution in [0, 0.1) is 0 Å². The molecule has 0 unspecified atom stereocenters. The third-order valence-corrected chi connectivity index (χ3v) is 3.42. The standard InChI is InChI=1S/C13H18N6O/c1-7(2)19-6-9(5-15-19)16-13(20)12-10(14)11(17-18-12)8-3-4-8/h5-8H,3-4,14H2,1-2H3,(H,16,20)(H,17,18). The smallest absolute Gasteiger partial charge is 0.278 e. The highest BCUT2D eigenvalue weighted by Gasteiger charge is 2.30. The average molecular weight is 274 g/mol. The maximum absolute atomic E-state index is 12.2. The fraction of sp³-hybridized carbons (Fsp3) is 0.462. The molecule has 0 aliphatic heterocycles. The van der Waals surface area contributed by atoms with Crippen LogP contribution in [-0.2, 0) is 0 Å². The zero-order valence-corrected chi connectivity index (χ0v) is 11.6. The van der Waals surface area contributed by atoms with Gasteiger partial charge in [-0.25, -0.2) is 0 Å². The molecule has 1 aliphatic rings. The average Bonchev–Trinajstić information content (AvgIpc) is 3.00. The molecule has 0 saturated heterocycles. The Morgan fingerprint density at radius 1 is 1.55 bits per heavy atom. The van der Waals surface area contributed by atoms with Crippen LogP contribution in [0.1, 0.15) is 54.8 Å². The van der Waals surface area contributed by atoms with Crippen molar-refractivity contribution in [2.75, 3.05) is 11.1 Å². The molecule has 2 heterocycles. The molecule has 106 valence electrons. The summed E-state index contributed by atoms with van der Waals surface area (Å²) in [5, 5.41) is 13.8. The van der Waals surface area contributed by atoms with Crippen LogP contribution in [0.25, 0.3) is 0 Å². The Kier molecular flexibility index (Phi) is 2.96. The van der Waals surface area contributed by atoms with E-state index in [4.69, 9.17) is 5.73 Å². The second kappa shape index (κ2) is 4.66. The van der Waals surface area contributed by atoms with Crippen molar-refractivity contribution < 1.29 is 4.79 Å². The summed E-state index contributed by atoms with van der Waals surface area (Å²) in [6, 6.07) is 0.248. The van der Waals surface area contributed by atoms with E-state index in [2.05, 4.69) is 20.6 Å². The summed E-state index contributed by atoms with van der Waals surface area (Å²) in [6.45, 7) is 4.04. The Morgan fingerprint density at radius 2 is 2.30 bits per heavy atom. The van der Waals surface area contributed by atoms with Crippen LogP contribution in [0.3, 0.4) is 0 Å². The second-order valence-electron chi connectivity index (χ2n) is 5.43. The zero-order chi connectivity index (χ0) is 14.3. The number of hydrogen-bond donors (Lipinski definition) is 3. The van der Waals surface area contributed by atoms with Crippen molar-refractivity contribution in [3.63, 3.8) is 0 Å². The molecule has 7 nitrogen and oxygen atoms in total. The van der Waals surface area contributed by atoms with E-state index in [-0.39, 0.29) is 17.6 Å². The van der Waals surface area contributed by atoms with Crippen molar-refractivity contribution in [2.24, 2.45) is 0 Å². The lowest BCUT2D eigenvalue weighted by Crippen LogP contribution is -2.14. The van der Waals surface area contributed by atoms with Gasteiger partial charge in [0, 0.05) is 18.2 Å². The van der Waals surface area contributed by atoms with Crippen LogP contribution in [0.2, 0.25) is 0 Å². The molecule has 3 rings (SSSR count). The summed E-state index contributed by atoms with van der Waals surface area (Å²) in [7, 11) is 0. The predicted octanol–water partition coefficient (Wildman–Crippen LogP) is 1.90. The Labute approximate surface area is 116 Å². The molecule has 0 bridgehead atoms. The molecule has 0 atom stereocenters. The molecule has 20 heavy (non-hydrogen) atoms. The largest absolute Gasteiger partial charge is 0.395 e. The molecule has 1 fully saturated rings. The summed E-state index contributed by atoms with van der Waals surface area (Å²) in [6.07, 6.45) is 5.61. The third kappa shape index (κ3) is 2.26. The van der Waals surface area contributed by atoms with Gasteiger partial charge in [0.15, 0.2) is 5.69 Å². The molecule has 1 amide bonds. The number of nitrogens with two attached hydrogens (primary N) is 1. The minimum atomic E-state index is -0.311. The first-order valence-electron chi connectivity index (χ1n) is 6.75. The van der Waals surface area contributed by atoms with Crippen LogP contribution in [0.5, 0.6) is 0 Å². The fourth-order valence-corrected chi connectivity index (χ4v) is 2.10. The van der Waals surface area contributed by atoms with Crippen LogP contribution in [0.4, 0.5) is 11.4 Å². The van der Waals surface area contributed by atoms with Crippen molar-refractivity contribution in [1.29, 1.82) is 0 Å². The van der Waals surface area contributed by atoms with E-state index in [1.54, 1.807) is 17.1 Å². The number of nitrogens with one attached hydrogen (secondary N) is 2. The number of nitrogens with zero attached hydrogens (tertiary/aromatic N) is 3. The van der Waals surface area contributed by atoms with Crippen LogP contribution in [-0.4, -0.2) is 25.9 Å². The van der Waals surface area contributed by atoms with E-state index in [1.165, 1.54) is 0 Å². The van der Waals surface area contributed by atoms with Crippen molar-refractivity contribution in [2.45, 2.75) is 38.6 Å². The minimum Gasteiger partial charge on any atom is -0.395 e. The van der Waals surface area contributed by atoms with Crippen molar-refractivity contribution >= 4 is 17.3 Å². The van der Waals surface area contributed by atoms with Gasteiger partial charge in [0.25, 0.3) is 5.91 Å². The van der Waals surface area contributed by atoms with Crippen molar-refractivity contribution in [3.8, 4) is 0 Å². The van der Waals surface area contributed by atoms with E-state index in [1.807, 2.05) is 13.8 Å². The lowest BCUT2D eigenvalue weighted by Gasteiger charge is -2.03. The lowest BCUT2D eigenvalue weighted by molar-refractivity contribution is 0.102. The number of rotatable bonds is 4. The van der Waals surface area contributed by atoms with E-state index in [0.29, 0.717) is 17.3 Å². The first-order valence-corrected chi connectivity index (χ1v) is 6.75. The first kappa shape index (κ1) is 12.7. The highest BCUT2D eigenvalue weighted by molar-refractivity contribution is 6.06. The monoisotopic (exact) mass is 274 g/mol. The van der Waals surface area contributed by atoms with Gasteiger partial charge in [0.05, 0.1) is 23.3 Å². The van der Waals surface area contributed by atoms with E-state index >= 15 is 0 Å². The van der Waals surface area contributed by atoms with Crippen LogP contribution >= 0.6 is 0 Å². The topological polar surface area (TPSA) is 102 Å². The van der Waals surface area contributed by atoms with Gasteiger partial charge in [-0.3, -0.25) is 14.6 Å². The number of aromatic amines is 1. The Balaban J connectivity index is 1.75. The van der Waals surface area contributed by atoms with Gasteiger partial charge in [0.2, 0.25) is 0 Å². The molecule has 2 aromatic rings. The van der Waals surface area contributed by atoms with Crippen molar-refractivity contribution in [3.05, 3.63) is 23.8 Å². The molecule has 1 aliphatic carbocycles. The SMILES string of the molecule is CC(C)n1cc(NC(=O)c2n[nH]c(C3CC3)c2N)cn1. The maximum Gasteiger partial charge on any atom is 0.278 e. The van der Waals surface area contributed by atoms with E-state index in [0.717, 1.165) is 18.5 Å². The first-order chi connectivity index (χ1) is 9.56. The van der Waals surface area contributed by atoms with Gasteiger partial charge in [-0.05, 0) is 26.7 Å². The molecular weight excluding hydrogens is 256 g/mol. The molecule has 4 N–H and O–H groups in total. The van der Waals surface area contributed by atoms with Gasteiger partial charge < -0.3 is 11.1 Å². The molecular formula is C13H18N6O. The van der Waals surface area contributed by atoms with Crippen molar-refractivity contribution in [1.82, 2.24) is 20.0 Å². The summed E-state index contributed by atoms with van der Waals surface area (Å²) in [4.78, 5) is 12.2.